The fourth-order valence-corrected chi connectivity index (χ4v) is 19.6. The van der Waals surface area contributed by atoms with Crippen LogP contribution in [0.2, 0.25) is 0 Å². The number of benzene rings is 15. The van der Waals surface area contributed by atoms with Gasteiger partial charge in [0, 0.05) is 116 Å². The lowest BCUT2D eigenvalue weighted by atomic mass is 10.0. The quantitative estimate of drug-likeness (QED) is 0.158. The number of aromatic nitrogens is 4. The topological polar surface area (TPSA) is 18.7 Å². The average molecular weight is 1250 g/mol. The molecule has 96 heavy (non-hydrogen) atoms. The van der Waals surface area contributed by atoms with Gasteiger partial charge in [0.05, 0.1) is 55.2 Å². The van der Waals surface area contributed by atoms with Crippen LogP contribution in [0.3, 0.4) is 0 Å². The minimum absolute atomic E-state index is 1.14. The lowest BCUT2D eigenvalue weighted by molar-refractivity contribution is 1.18. The van der Waals surface area contributed by atoms with Crippen LogP contribution in [0.1, 0.15) is 0 Å². The number of hydrogen-bond donors (Lipinski definition) is 0. The molecule has 0 aliphatic carbocycles. The van der Waals surface area contributed by atoms with Gasteiger partial charge in [-0.3, -0.25) is 0 Å². The third-order valence-corrected chi connectivity index (χ3v) is 23.8. The van der Waals surface area contributed by atoms with Crippen molar-refractivity contribution < 1.29 is 0 Å². The highest BCUT2D eigenvalue weighted by molar-refractivity contribution is 7.27. The van der Waals surface area contributed by atoms with E-state index >= 15 is 0 Å². The Morgan fingerprint density at radius 1 is 0.188 bits per heavy atom. The van der Waals surface area contributed by atoms with Crippen molar-refractivity contribution in [3.05, 3.63) is 303 Å². The summed E-state index contributed by atoms with van der Waals surface area (Å²) >= 11 is 3.86. The zero-order valence-electron chi connectivity index (χ0n) is 51.5. The van der Waals surface area contributed by atoms with Gasteiger partial charge in [-0.2, -0.15) is 0 Å². The molecule has 0 aliphatic rings. The smallest absolute Gasteiger partial charge is 0.0635 e. The van der Waals surface area contributed by atoms with Gasteiger partial charge in [-0.25, -0.2) is 0 Å². The molecule has 0 saturated carbocycles. The summed E-state index contributed by atoms with van der Waals surface area (Å²) in [5.41, 5.74) is 24.1. The van der Waals surface area contributed by atoms with Crippen molar-refractivity contribution in [1.82, 2.24) is 17.9 Å². The Morgan fingerprint density at radius 3 is 0.854 bits per heavy atom. The van der Waals surface area contributed by atoms with E-state index in [-0.39, 0.29) is 0 Å². The van der Waals surface area contributed by atoms with Crippen molar-refractivity contribution in [3.8, 4) is 55.9 Å². The van der Waals surface area contributed by atoms with Crippen LogP contribution in [0, 0.1) is 0 Å². The molecule has 23 aromatic rings. The molecule has 8 aromatic heterocycles. The maximum atomic E-state index is 2.64. The molecule has 0 bridgehead atoms. The molecule has 0 saturated heterocycles. The normalized spacial score (nSPS) is 12.6. The Kier molecular flexibility index (Phi) is 10.1. The van der Waals surface area contributed by atoms with E-state index in [1.54, 1.807) is 0 Å². The molecule has 442 valence electrons. The maximum Gasteiger partial charge on any atom is 0.0635 e. The number of rotatable bonds is 6. The molecule has 23 rings (SSSR count). The molecule has 0 atom stereocenters. The van der Waals surface area contributed by atoms with Gasteiger partial charge < -0.3 is 17.9 Å². The zero-order valence-corrected chi connectivity index (χ0v) is 53.1. The highest BCUT2D eigenvalue weighted by Gasteiger charge is 2.28. The van der Waals surface area contributed by atoms with E-state index in [2.05, 4.69) is 321 Å². The molecular weight excluding hydrogens is 1200 g/mol. The Bertz CT molecular complexity index is 6650. The molecule has 0 fully saturated rings. The van der Waals surface area contributed by atoms with E-state index in [1.165, 1.54) is 205 Å². The lowest BCUT2D eigenvalue weighted by Gasteiger charge is -2.10. The predicted molar refractivity (Wildman–Crippen MR) is 412 cm³/mol. The van der Waals surface area contributed by atoms with Crippen LogP contribution in [-0.2, 0) is 0 Å². The van der Waals surface area contributed by atoms with Gasteiger partial charge in [0.2, 0.25) is 0 Å². The Morgan fingerprint density at radius 2 is 0.500 bits per heavy atom. The molecular formula is C90H50N4S2. The largest absolute Gasteiger partial charge is 0.309 e. The molecule has 15 aromatic carbocycles. The van der Waals surface area contributed by atoms with Crippen molar-refractivity contribution in [2.45, 2.75) is 0 Å². The van der Waals surface area contributed by atoms with E-state index in [0.29, 0.717) is 0 Å². The first kappa shape index (κ1) is 51.4. The molecule has 0 radical (unpaired) electrons. The summed E-state index contributed by atoms with van der Waals surface area (Å²) in [5, 5.41) is 20.4. The van der Waals surface area contributed by atoms with Gasteiger partial charge in [0.25, 0.3) is 0 Å². The van der Waals surface area contributed by atoms with Crippen LogP contribution >= 0.6 is 22.7 Å². The van der Waals surface area contributed by atoms with Gasteiger partial charge in [-0.1, -0.05) is 194 Å². The number of nitrogens with zero attached hydrogens (tertiary/aromatic N) is 4. The van der Waals surface area contributed by atoms with E-state index in [1.807, 2.05) is 22.7 Å². The molecule has 0 amide bonds. The molecule has 0 unspecified atom stereocenters. The summed E-state index contributed by atoms with van der Waals surface area (Å²) in [6.45, 7) is 0. The zero-order chi connectivity index (χ0) is 62.2. The first-order chi connectivity index (χ1) is 47.6. The highest BCUT2D eigenvalue weighted by atomic mass is 32.1. The predicted octanol–water partition coefficient (Wildman–Crippen LogP) is 25.6. The van der Waals surface area contributed by atoms with Gasteiger partial charge in [0.15, 0.2) is 0 Å². The summed E-state index contributed by atoms with van der Waals surface area (Å²) in [5.74, 6) is 0. The van der Waals surface area contributed by atoms with Gasteiger partial charge in [0.1, 0.15) is 0 Å². The first-order valence-corrected chi connectivity index (χ1v) is 34.7. The highest BCUT2D eigenvalue weighted by Crippen LogP contribution is 2.53. The van der Waals surface area contributed by atoms with Crippen LogP contribution in [0.15, 0.2) is 303 Å². The van der Waals surface area contributed by atoms with Crippen LogP contribution in [0.5, 0.6) is 0 Å². The maximum absolute atomic E-state index is 2.64. The van der Waals surface area contributed by atoms with Gasteiger partial charge in [-0.05, 0) is 154 Å². The lowest BCUT2D eigenvalue weighted by Crippen LogP contribution is -1.95. The van der Waals surface area contributed by atoms with Crippen molar-refractivity contribution in [3.63, 3.8) is 0 Å². The third kappa shape index (κ3) is 6.85. The molecule has 0 spiro atoms. The number of fused-ring (bicyclic) bond motifs is 26. The summed E-state index contributed by atoms with van der Waals surface area (Å²) in [6, 6.07) is 114. The summed E-state index contributed by atoms with van der Waals surface area (Å²) in [6.07, 6.45) is 0. The Hall–Kier alpha value is -12.1. The van der Waals surface area contributed by atoms with Gasteiger partial charge in [-0.15, -0.1) is 22.7 Å². The molecule has 0 N–H and O–H groups in total. The molecule has 4 nitrogen and oxygen atoms in total. The van der Waals surface area contributed by atoms with Crippen molar-refractivity contribution >= 4 is 183 Å². The van der Waals surface area contributed by atoms with Crippen molar-refractivity contribution in [1.29, 1.82) is 0 Å². The molecule has 8 heterocycles. The number of hydrogen-bond acceptors (Lipinski definition) is 2. The van der Waals surface area contributed by atoms with Crippen molar-refractivity contribution in [2.24, 2.45) is 0 Å². The summed E-state index contributed by atoms with van der Waals surface area (Å²) in [4.78, 5) is 0. The fraction of sp³-hybridized carbons (Fsp3) is 0. The van der Waals surface area contributed by atoms with Crippen LogP contribution < -0.4 is 0 Å². The number of thiophene rings is 2. The Balaban J connectivity index is 0.817. The fourth-order valence-electron chi connectivity index (χ4n) is 17.1. The second kappa shape index (κ2) is 18.8. The standard InChI is InChI=1S/C90H50N4S2/c1-5-17-51(18-6-1)55-29-37-75-65(41-55)66-42-56(52-19-7-2-8-20-52)30-38-76(66)91(75)59-33-35-63-79(45-59)93-81-49-70-72-48-74-62-26-14-16-28-84(62)96-90(74)86-64-36-34-60(46-80(64)94(88(72)86)82(70)50-69(81)71-47-73-61-25-13-15-27-83(61)95-89(73)85(63)87(71)93)92-77-39-31-57(53-21-9-3-10-22-53)43-67(77)68-44-58(32-40-78(68)92)54-23-11-4-12-24-54/h1-50H. The third-order valence-electron chi connectivity index (χ3n) is 21.4. The average Bonchev–Trinajstić information content (AvgIpc) is 1.51. The summed E-state index contributed by atoms with van der Waals surface area (Å²) in [7, 11) is 0. The molecule has 6 heteroatoms. The Labute approximate surface area is 556 Å². The van der Waals surface area contributed by atoms with E-state index in [0.717, 1.165) is 11.4 Å². The molecule has 0 aliphatic heterocycles. The SMILES string of the molecule is c1ccc(-c2ccc3c(c2)c2cc(-c4ccccc4)ccc2n3-c2ccc3c4c5sc6ccccc6c5cc5c6cc7c(cc6n(c3c2)c54)c2cc3c4ccccc4sc3c3c4ccc(-n5c6ccc(-c8ccccc8)cc6c6cc(-c8ccccc8)ccc65)cc4n7c23)cc1. The van der Waals surface area contributed by atoms with Crippen molar-refractivity contribution in [2.75, 3.05) is 0 Å². The second-order valence-electron chi connectivity index (χ2n) is 26.3. The van der Waals surface area contributed by atoms with E-state index in [4.69, 9.17) is 0 Å². The second-order valence-corrected chi connectivity index (χ2v) is 28.4. The van der Waals surface area contributed by atoms with Crippen LogP contribution in [0.25, 0.3) is 216 Å². The minimum atomic E-state index is 1.14. The minimum Gasteiger partial charge on any atom is -0.309 e. The van der Waals surface area contributed by atoms with E-state index < -0.39 is 0 Å². The van der Waals surface area contributed by atoms with Gasteiger partial charge >= 0.3 is 0 Å². The van der Waals surface area contributed by atoms with Crippen LogP contribution in [0.4, 0.5) is 0 Å². The van der Waals surface area contributed by atoms with Crippen LogP contribution in [-0.4, -0.2) is 17.9 Å². The summed E-state index contributed by atoms with van der Waals surface area (Å²) < 4.78 is 15.6. The van der Waals surface area contributed by atoms with E-state index in [9.17, 15) is 0 Å². The first-order valence-electron chi connectivity index (χ1n) is 33.0. The monoisotopic (exact) mass is 1250 g/mol.